The number of hydrogen-bond donors (Lipinski definition) is 1. The summed E-state index contributed by atoms with van der Waals surface area (Å²) in [5.41, 5.74) is 2.29. The van der Waals surface area contributed by atoms with Crippen LogP contribution in [0.25, 0.3) is 0 Å². The van der Waals surface area contributed by atoms with E-state index in [0.717, 1.165) is 31.6 Å². The Balaban J connectivity index is 1.83. The molecule has 0 bridgehead atoms. The van der Waals surface area contributed by atoms with E-state index in [1.54, 1.807) is 0 Å². The van der Waals surface area contributed by atoms with Gasteiger partial charge in [0.2, 0.25) is 0 Å². The second-order valence-corrected chi connectivity index (χ2v) is 5.14. The van der Waals surface area contributed by atoms with E-state index in [-0.39, 0.29) is 5.91 Å². The molecule has 2 aliphatic heterocycles. The van der Waals surface area contributed by atoms with Crippen molar-refractivity contribution in [1.29, 1.82) is 0 Å². The first-order chi connectivity index (χ1) is 9.31. The Kier molecular flexibility index (Phi) is 3.53. The minimum absolute atomic E-state index is 0.112. The van der Waals surface area contributed by atoms with Gasteiger partial charge in [-0.25, -0.2) is 0 Å². The molecular formula is C15H20N2O2. The number of likely N-dealkylation sites (N-methyl/N-ethyl adjacent to an activating group) is 1. The smallest absolute Gasteiger partial charge is 0.256 e. The summed E-state index contributed by atoms with van der Waals surface area (Å²) in [7, 11) is 0. The minimum Gasteiger partial charge on any atom is -0.363 e. The van der Waals surface area contributed by atoms with E-state index in [4.69, 9.17) is 4.74 Å². The van der Waals surface area contributed by atoms with Crippen LogP contribution >= 0.6 is 0 Å². The van der Waals surface area contributed by atoms with Crippen LogP contribution in [-0.2, 0) is 16.0 Å². The Morgan fingerprint density at radius 1 is 1.42 bits per heavy atom. The predicted octanol–water partition coefficient (Wildman–Crippen LogP) is 1.12. The van der Waals surface area contributed by atoms with Crippen LogP contribution in [0.2, 0.25) is 0 Å². The van der Waals surface area contributed by atoms with Gasteiger partial charge in [0.1, 0.15) is 0 Å². The highest BCUT2D eigenvalue weighted by atomic mass is 16.5. The maximum absolute atomic E-state index is 12.7. The third kappa shape index (κ3) is 2.26. The van der Waals surface area contributed by atoms with Crippen LogP contribution in [0.4, 0.5) is 0 Å². The molecule has 19 heavy (non-hydrogen) atoms. The van der Waals surface area contributed by atoms with Crippen LogP contribution in [0, 0.1) is 0 Å². The molecule has 0 radical (unpaired) electrons. The third-order valence-electron chi connectivity index (χ3n) is 4.04. The number of fused-ring (bicyclic) bond motifs is 1. The molecule has 1 unspecified atom stereocenters. The number of carbonyl (C=O) groups is 1. The lowest BCUT2D eigenvalue weighted by molar-refractivity contribution is -0.148. The molecule has 1 N–H and O–H groups in total. The molecule has 1 aromatic carbocycles. The van der Waals surface area contributed by atoms with Crippen LogP contribution in [0.5, 0.6) is 0 Å². The van der Waals surface area contributed by atoms with Crippen molar-refractivity contribution in [2.75, 3.05) is 26.2 Å². The standard InChI is InChI=1S/C15H20N2O2/c1-2-17(12-9-16-10-12)15(18)14-13-6-4-3-5-11(13)7-8-19-14/h3-6,12,14,16H,2,7-10H2,1H3. The summed E-state index contributed by atoms with van der Waals surface area (Å²) in [6.45, 7) is 5.20. The number of nitrogens with one attached hydrogen (secondary N) is 1. The van der Waals surface area contributed by atoms with Gasteiger partial charge < -0.3 is 15.0 Å². The molecule has 0 spiro atoms. The molecular weight excluding hydrogens is 240 g/mol. The number of hydrogen-bond acceptors (Lipinski definition) is 3. The molecule has 1 aromatic rings. The van der Waals surface area contributed by atoms with Gasteiger partial charge >= 0.3 is 0 Å². The van der Waals surface area contributed by atoms with Crippen molar-refractivity contribution in [2.24, 2.45) is 0 Å². The molecule has 4 nitrogen and oxygen atoms in total. The van der Waals surface area contributed by atoms with Crippen molar-refractivity contribution in [3.63, 3.8) is 0 Å². The summed E-state index contributed by atoms with van der Waals surface area (Å²) in [6.07, 6.45) is 0.488. The molecule has 0 saturated carbocycles. The lowest BCUT2D eigenvalue weighted by atomic mass is 9.96. The topological polar surface area (TPSA) is 41.6 Å². The first-order valence-electron chi connectivity index (χ1n) is 7.02. The molecule has 2 heterocycles. The highest BCUT2D eigenvalue weighted by molar-refractivity contribution is 5.83. The van der Waals surface area contributed by atoms with Crippen molar-refractivity contribution in [3.8, 4) is 0 Å². The molecule has 3 rings (SSSR count). The third-order valence-corrected chi connectivity index (χ3v) is 4.04. The highest BCUT2D eigenvalue weighted by Crippen LogP contribution is 2.29. The predicted molar refractivity (Wildman–Crippen MR) is 72.9 cm³/mol. The summed E-state index contributed by atoms with van der Waals surface area (Å²) in [6, 6.07) is 8.45. The fourth-order valence-electron chi connectivity index (χ4n) is 2.84. The zero-order valence-corrected chi connectivity index (χ0v) is 11.3. The van der Waals surface area contributed by atoms with Gasteiger partial charge in [0.15, 0.2) is 6.10 Å². The Morgan fingerprint density at radius 2 is 2.21 bits per heavy atom. The van der Waals surface area contributed by atoms with E-state index in [1.807, 2.05) is 30.0 Å². The molecule has 2 aliphatic rings. The summed E-state index contributed by atoms with van der Waals surface area (Å²) >= 11 is 0. The highest BCUT2D eigenvalue weighted by Gasteiger charge is 2.35. The van der Waals surface area contributed by atoms with Crippen LogP contribution in [0.15, 0.2) is 24.3 Å². The fourth-order valence-corrected chi connectivity index (χ4v) is 2.84. The molecule has 102 valence electrons. The lowest BCUT2D eigenvalue weighted by Gasteiger charge is -2.40. The van der Waals surface area contributed by atoms with Crippen molar-refractivity contribution < 1.29 is 9.53 Å². The SMILES string of the molecule is CCN(C(=O)C1OCCc2ccccc21)C1CNC1. The Labute approximate surface area is 113 Å². The van der Waals surface area contributed by atoms with Gasteiger partial charge in [-0.1, -0.05) is 24.3 Å². The minimum atomic E-state index is -0.412. The maximum Gasteiger partial charge on any atom is 0.256 e. The molecule has 0 aliphatic carbocycles. The molecule has 1 fully saturated rings. The number of nitrogens with zero attached hydrogens (tertiary/aromatic N) is 1. The summed E-state index contributed by atoms with van der Waals surface area (Å²) < 4.78 is 5.76. The van der Waals surface area contributed by atoms with Crippen molar-refractivity contribution in [3.05, 3.63) is 35.4 Å². The fraction of sp³-hybridized carbons (Fsp3) is 0.533. The zero-order chi connectivity index (χ0) is 13.2. The molecule has 1 amide bonds. The van der Waals surface area contributed by atoms with E-state index in [9.17, 15) is 4.79 Å². The number of benzene rings is 1. The van der Waals surface area contributed by atoms with E-state index in [0.29, 0.717) is 12.6 Å². The lowest BCUT2D eigenvalue weighted by Crippen LogP contribution is -2.59. The van der Waals surface area contributed by atoms with E-state index in [1.165, 1.54) is 5.56 Å². The Hall–Kier alpha value is -1.39. The first kappa shape index (κ1) is 12.6. The Bertz CT molecular complexity index is 471. The Morgan fingerprint density at radius 3 is 2.89 bits per heavy atom. The normalized spacial score (nSPS) is 22.5. The number of ether oxygens (including phenoxy) is 1. The molecule has 4 heteroatoms. The van der Waals surface area contributed by atoms with Crippen LogP contribution in [-0.4, -0.2) is 43.1 Å². The monoisotopic (exact) mass is 260 g/mol. The van der Waals surface area contributed by atoms with Crippen LogP contribution in [0.3, 0.4) is 0 Å². The van der Waals surface area contributed by atoms with Crippen LogP contribution in [0.1, 0.15) is 24.2 Å². The van der Waals surface area contributed by atoms with E-state index in [2.05, 4.69) is 11.4 Å². The van der Waals surface area contributed by atoms with Gasteiger partial charge in [-0.3, -0.25) is 4.79 Å². The first-order valence-corrected chi connectivity index (χ1v) is 7.02. The van der Waals surface area contributed by atoms with Gasteiger partial charge in [-0.05, 0) is 24.5 Å². The summed E-state index contributed by atoms with van der Waals surface area (Å²) in [5, 5.41) is 3.22. The van der Waals surface area contributed by atoms with Gasteiger partial charge in [0.05, 0.1) is 12.6 Å². The number of carbonyl (C=O) groups excluding carboxylic acids is 1. The van der Waals surface area contributed by atoms with Crippen LogP contribution < -0.4 is 5.32 Å². The summed E-state index contributed by atoms with van der Waals surface area (Å²) in [5.74, 6) is 0.112. The van der Waals surface area contributed by atoms with Gasteiger partial charge in [0.25, 0.3) is 5.91 Å². The van der Waals surface area contributed by atoms with E-state index >= 15 is 0 Å². The zero-order valence-electron chi connectivity index (χ0n) is 11.3. The molecule has 0 aromatic heterocycles. The number of rotatable bonds is 3. The maximum atomic E-state index is 12.7. The van der Waals surface area contributed by atoms with Gasteiger partial charge in [-0.2, -0.15) is 0 Å². The van der Waals surface area contributed by atoms with Crippen molar-refractivity contribution in [2.45, 2.75) is 25.5 Å². The average Bonchev–Trinajstić information content (AvgIpc) is 2.41. The second kappa shape index (κ2) is 5.31. The van der Waals surface area contributed by atoms with E-state index < -0.39 is 6.10 Å². The summed E-state index contributed by atoms with van der Waals surface area (Å²) in [4.78, 5) is 14.6. The quantitative estimate of drug-likeness (QED) is 0.885. The van der Waals surface area contributed by atoms with Gasteiger partial charge in [-0.15, -0.1) is 0 Å². The van der Waals surface area contributed by atoms with Crippen molar-refractivity contribution in [1.82, 2.24) is 10.2 Å². The largest absolute Gasteiger partial charge is 0.363 e. The number of amides is 1. The second-order valence-electron chi connectivity index (χ2n) is 5.14. The molecule has 1 saturated heterocycles. The van der Waals surface area contributed by atoms with Gasteiger partial charge in [0, 0.05) is 19.6 Å². The van der Waals surface area contributed by atoms with Crippen molar-refractivity contribution >= 4 is 5.91 Å². The average molecular weight is 260 g/mol. The molecule has 1 atom stereocenters.